The van der Waals surface area contributed by atoms with E-state index in [-0.39, 0.29) is 25.7 Å². The highest BCUT2D eigenvalue weighted by atomic mass is 31.2. The number of aliphatic hydroxyl groups excluding tert-OH is 1. The molecule has 0 aliphatic heterocycles. The van der Waals surface area contributed by atoms with Crippen LogP contribution in [-0.2, 0) is 18.4 Å². The maximum Gasteiger partial charge on any atom is 0.472 e. The van der Waals surface area contributed by atoms with Gasteiger partial charge in [0, 0.05) is 13.0 Å². The number of hydrogen-bond acceptors (Lipinski definition) is 6. The van der Waals surface area contributed by atoms with Crippen LogP contribution in [0.3, 0.4) is 0 Å². The first-order valence-corrected chi connectivity index (χ1v) is 24.1. The van der Waals surface area contributed by atoms with Gasteiger partial charge in [-0.25, -0.2) is 4.57 Å². The second-order valence-electron chi connectivity index (χ2n) is 15.3. The van der Waals surface area contributed by atoms with E-state index in [0.29, 0.717) is 6.42 Å². The SMILES string of the molecule is CCCCCCC/C=C\C/C=C\CCCCCCCCCCCC(=O)NC(COP(=O)(O)OCCN)C(O)/C=C/CCCCCCCCCCCCCC. The highest BCUT2D eigenvalue weighted by Gasteiger charge is 2.26. The minimum atomic E-state index is -4.34. The Morgan fingerprint density at radius 3 is 1.46 bits per heavy atom. The summed E-state index contributed by atoms with van der Waals surface area (Å²) in [6.45, 7) is 4.13. The van der Waals surface area contributed by atoms with E-state index in [0.717, 1.165) is 44.9 Å². The maximum absolute atomic E-state index is 12.8. The topological polar surface area (TPSA) is 131 Å². The van der Waals surface area contributed by atoms with Crippen LogP contribution in [0, 0.1) is 0 Å². The van der Waals surface area contributed by atoms with Crippen LogP contribution in [0.15, 0.2) is 36.5 Å². The van der Waals surface area contributed by atoms with E-state index < -0.39 is 20.0 Å². The van der Waals surface area contributed by atoms with Gasteiger partial charge < -0.3 is 21.1 Å². The summed E-state index contributed by atoms with van der Waals surface area (Å²) in [5.41, 5.74) is 5.37. The van der Waals surface area contributed by atoms with Gasteiger partial charge in [-0.1, -0.05) is 192 Å². The van der Waals surface area contributed by atoms with Crippen LogP contribution in [0.5, 0.6) is 0 Å². The average molecular weight is 783 g/mol. The van der Waals surface area contributed by atoms with Gasteiger partial charge in [0.25, 0.3) is 0 Å². The quantitative estimate of drug-likeness (QED) is 0.0275. The summed E-state index contributed by atoms with van der Waals surface area (Å²) in [6, 6.07) is -0.861. The molecule has 0 aliphatic rings. The van der Waals surface area contributed by atoms with Gasteiger partial charge in [0.1, 0.15) is 0 Å². The monoisotopic (exact) mass is 783 g/mol. The molecule has 0 heterocycles. The number of nitrogens with two attached hydrogens (primary N) is 1. The molecule has 8 nitrogen and oxygen atoms in total. The van der Waals surface area contributed by atoms with E-state index in [2.05, 4.69) is 43.5 Å². The number of allylic oxidation sites excluding steroid dienone is 5. The molecule has 0 aromatic heterocycles. The molecule has 9 heteroatoms. The summed E-state index contributed by atoms with van der Waals surface area (Å²) >= 11 is 0. The molecule has 54 heavy (non-hydrogen) atoms. The van der Waals surface area contributed by atoms with Crippen molar-refractivity contribution in [2.24, 2.45) is 5.73 Å². The molecule has 3 unspecified atom stereocenters. The summed E-state index contributed by atoms with van der Waals surface area (Å²) in [5, 5.41) is 13.7. The average Bonchev–Trinajstić information content (AvgIpc) is 3.16. The molecule has 3 atom stereocenters. The van der Waals surface area contributed by atoms with Crippen molar-refractivity contribution in [2.75, 3.05) is 19.8 Å². The molecule has 1 amide bonds. The van der Waals surface area contributed by atoms with Gasteiger partial charge in [-0.2, -0.15) is 0 Å². The van der Waals surface area contributed by atoms with E-state index in [1.165, 1.54) is 148 Å². The van der Waals surface area contributed by atoms with Crippen molar-refractivity contribution < 1.29 is 28.4 Å². The molecule has 0 aromatic rings. The van der Waals surface area contributed by atoms with Crippen LogP contribution in [0.2, 0.25) is 0 Å². The van der Waals surface area contributed by atoms with Crippen molar-refractivity contribution in [1.82, 2.24) is 5.32 Å². The third-order valence-electron chi connectivity index (χ3n) is 9.96. The molecule has 0 spiro atoms. The zero-order valence-electron chi connectivity index (χ0n) is 35.2. The Bertz CT molecular complexity index is 943. The molecule has 5 N–H and O–H groups in total. The second kappa shape index (κ2) is 41.4. The number of nitrogens with one attached hydrogen (secondary N) is 1. The van der Waals surface area contributed by atoms with Crippen molar-refractivity contribution in [3.05, 3.63) is 36.5 Å². The number of phosphoric acid groups is 1. The highest BCUT2D eigenvalue weighted by Crippen LogP contribution is 2.43. The van der Waals surface area contributed by atoms with Crippen LogP contribution in [-0.4, -0.2) is 47.8 Å². The van der Waals surface area contributed by atoms with Crippen LogP contribution in [0.4, 0.5) is 0 Å². The Balaban J connectivity index is 4.16. The zero-order chi connectivity index (χ0) is 39.6. The molecule has 0 saturated carbocycles. The van der Waals surface area contributed by atoms with Crippen molar-refractivity contribution in [1.29, 1.82) is 0 Å². The number of amides is 1. The molecule has 0 aromatic carbocycles. The van der Waals surface area contributed by atoms with E-state index in [9.17, 15) is 19.4 Å². The predicted octanol–water partition coefficient (Wildman–Crippen LogP) is 12.7. The number of hydrogen-bond donors (Lipinski definition) is 4. The minimum Gasteiger partial charge on any atom is -0.387 e. The molecule has 0 bridgehead atoms. The molecular formula is C45H87N2O6P. The molecule has 0 saturated heterocycles. The Kier molecular flexibility index (Phi) is 40.4. The van der Waals surface area contributed by atoms with Crippen LogP contribution < -0.4 is 11.1 Å². The summed E-state index contributed by atoms with van der Waals surface area (Å²) in [4.78, 5) is 22.7. The number of unbranched alkanes of at least 4 members (excludes halogenated alkanes) is 26. The van der Waals surface area contributed by atoms with Gasteiger partial charge in [0.2, 0.25) is 5.91 Å². The Labute approximate surface area is 333 Å². The third-order valence-corrected chi connectivity index (χ3v) is 10.9. The largest absolute Gasteiger partial charge is 0.472 e. The number of aliphatic hydroxyl groups is 1. The number of carbonyl (C=O) groups excluding carboxylic acids is 1. The molecule has 0 radical (unpaired) electrons. The zero-order valence-corrected chi connectivity index (χ0v) is 36.1. The fraction of sp³-hybridized carbons (Fsp3) is 0.844. The summed E-state index contributed by atoms with van der Waals surface area (Å²) in [5.74, 6) is -0.199. The molecule has 0 fully saturated rings. The summed E-state index contributed by atoms with van der Waals surface area (Å²) in [6.07, 6.45) is 49.0. The van der Waals surface area contributed by atoms with E-state index >= 15 is 0 Å². The fourth-order valence-corrected chi connectivity index (χ4v) is 7.27. The van der Waals surface area contributed by atoms with Crippen LogP contribution in [0.1, 0.15) is 213 Å². The number of carbonyl (C=O) groups is 1. The maximum atomic E-state index is 12.8. The third kappa shape index (κ3) is 39.0. The molecule has 0 rings (SSSR count). The smallest absolute Gasteiger partial charge is 0.387 e. The van der Waals surface area contributed by atoms with Gasteiger partial charge >= 0.3 is 7.82 Å². The Morgan fingerprint density at radius 2 is 1.02 bits per heavy atom. The van der Waals surface area contributed by atoms with Crippen molar-refractivity contribution >= 4 is 13.7 Å². The first-order valence-electron chi connectivity index (χ1n) is 22.6. The molecule has 0 aliphatic carbocycles. The second-order valence-corrected chi connectivity index (χ2v) is 16.7. The minimum absolute atomic E-state index is 0.0776. The molecular weight excluding hydrogens is 695 g/mol. The summed E-state index contributed by atoms with van der Waals surface area (Å²) < 4.78 is 22.1. The van der Waals surface area contributed by atoms with Gasteiger partial charge in [-0.05, 0) is 51.4 Å². The van der Waals surface area contributed by atoms with Crippen molar-refractivity contribution in [2.45, 2.75) is 225 Å². The lowest BCUT2D eigenvalue weighted by Gasteiger charge is -2.23. The van der Waals surface area contributed by atoms with E-state index in [1.54, 1.807) is 6.08 Å². The number of phosphoric ester groups is 1. The fourth-order valence-electron chi connectivity index (χ4n) is 6.52. The van der Waals surface area contributed by atoms with Crippen LogP contribution in [0.25, 0.3) is 0 Å². The van der Waals surface area contributed by atoms with Gasteiger partial charge in [-0.15, -0.1) is 0 Å². The van der Waals surface area contributed by atoms with Crippen molar-refractivity contribution in [3.8, 4) is 0 Å². The van der Waals surface area contributed by atoms with Gasteiger partial charge in [0.15, 0.2) is 0 Å². The normalized spacial score (nSPS) is 14.4. The van der Waals surface area contributed by atoms with Gasteiger partial charge in [-0.3, -0.25) is 13.8 Å². The standard InChI is InChI=1S/C45H87N2O6P/c1-3-5-7-9-11-13-15-17-19-20-21-22-23-24-25-27-29-31-33-35-37-39-45(49)47-43(42-53-54(50,51)52-41-40-46)44(48)38-36-34-32-30-28-26-18-16-14-12-10-8-6-4-2/h15,17,20-21,36,38,43-44,48H,3-14,16,18-19,22-35,37,39-42,46H2,1-2H3,(H,47,49)(H,50,51)/b17-15-,21-20-,38-36+. The Hall–Kier alpha value is -1.28. The lowest BCUT2D eigenvalue weighted by atomic mass is 10.0. The predicted molar refractivity (Wildman–Crippen MR) is 231 cm³/mol. The Morgan fingerprint density at radius 1 is 0.611 bits per heavy atom. The number of rotatable bonds is 42. The lowest BCUT2D eigenvalue weighted by molar-refractivity contribution is -0.123. The molecule has 318 valence electrons. The van der Waals surface area contributed by atoms with Crippen LogP contribution >= 0.6 is 7.82 Å². The van der Waals surface area contributed by atoms with E-state index in [1.807, 2.05) is 6.08 Å². The highest BCUT2D eigenvalue weighted by molar-refractivity contribution is 7.47. The van der Waals surface area contributed by atoms with Gasteiger partial charge in [0.05, 0.1) is 25.4 Å². The van der Waals surface area contributed by atoms with Crippen molar-refractivity contribution in [3.63, 3.8) is 0 Å². The summed E-state index contributed by atoms with van der Waals surface area (Å²) in [7, 11) is -4.34. The van der Waals surface area contributed by atoms with E-state index in [4.69, 9.17) is 14.8 Å². The first-order chi connectivity index (χ1) is 26.4. The lowest BCUT2D eigenvalue weighted by Crippen LogP contribution is -2.45. The first kappa shape index (κ1) is 52.7.